The quantitative estimate of drug-likeness (QED) is 0.648. The number of rotatable bonds is 2. The van der Waals surface area contributed by atoms with Crippen molar-refractivity contribution in [1.29, 1.82) is 0 Å². The van der Waals surface area contributed by atoms with E-state index in [0.29, 0.717) is 6.04 Å². The topological polar surface area (TPSA) is 12.4 Å². The lowest BCUT2D eigenvalue weighted by atomic mass is 10.0. The van der Waals surface area contributed by atoms with Crippen LogP contribution in [0.4, 0.5) is 0 Å². The van der Waals surface area contributed by atoms with Gasteiger partial charge in [0.15, 0.2) is 0 Å². The summed E-state index contributed by atoms with van der Waals surface area (Å²) in [6, 6.07) is 11.0. The molecule has 1 nitrogen and oxygen atoms in total. The van der Waals surface area contributed by atoms with Gasteiger partial charge in [0.1, 0.15) is 0 Å². The van der Waals surface area contributed by atoms with E-state index in [1.54, 1.807) is 0 Å². The third-order valence-corrected chi connectivity index (χ3v) is 2.24. The van der Waals surface area contributed by atoms with Crippen molar-refractivity contribution >= 4 is 6.21 Å². The molecule has 13 heavy (non-hydrogen) atoms. The molecule has 1 aromatic carbocycles. The Kier molecular flexibility index (Phi) is 2.56. The van der Waals surface area contributed by atoms with E-state index in [1.807, 2.05) is 18.4 Å². The summed E-state index contributed by atoms with van der Waals surface area (Å²) < 4.78 is 0. The largest absolute Gasteiger partial charge is 0.289 e. The highest BCUT2D eigenvalue weighted by atomic mass is 14.8. The Morgan fingerprint density at radius 2 is 2.08 bits per heavy atom. The van der Waals surface area contributed by atoms with Crippen molar-refractivity contribution in [3.8, 4) is 0 Å². The molecule has 0 radical (unpaired) electrons. The molecule has 0 N–H and O–H groups in total. The van der Waals surface area contributed by atoms with Crippen LogP contribution in [0.1, 0.15) is 12.0 Å². The van der Waals surface area contributed by atoms with E-state index < -0.39 is 0 Å². The van der Waals surface area contributed by atoms with Crippen molar-refractivity contribution < 1.29 is 0 Å². The summed E-state index contributed by atoms with van der Waals surface area (Å²) in [6.45, 7) is 0. The Morgan fingerprint density at radius 1 is 1.23 bits per heavy atom. The van der Waals surface area contributed by atoms with Crippen molar-refractivity contribution in [3.63, 3.8) is 0 Å². The van der Waals surface area contributed by atoms with E-state index in [-0.39, 0.29) is 0 Å². The van der Waals surface area contributed by atoms with Crippen molar-refractivity contribution in [1.82, 2.24) is 0 Å². The molecule has 0 saturated heterocycles. The van der Waals surface area contributed by atoms with Crippen molar-refractivity contribution in [3.05, 3.63) is 48.0 Å². The molecule has 0 aliphatic carbocycles. The first-order valence-corrected chi connectivity index (χ1v) is 4.67. The maximum Gasteiger partial charge on any atom is 0.0574 e. The Bertz CT molecular complexity index is 311. The van der Waals surface area contributed by atoms with Crippen LogP contribution < -0.4 is 0 Å². The molecule has 0 bridgehead atoms. The molecule has 0 amide bonds. The fourth-order valence-electron chi connectivity index (χ4n) is 1.55. The third-order valence-electron chi connectivity index (χ3n) is 2.24. The fraction of sp³-hybridized carbons (Fsp3) is 0.250. The zero-order chi connectivity index (χ0) is 8.93. The minimum absolute atomic E-state index is 0.451. The van der Waals surface area contributed by atoms with Crippen LogP contribution in [0.3, 0.4) is 0 Å². The van der Waals surface area contributed by atoms with Gasteiger partial charge in [0.25, 0.3) is 0 Å². The highest BCUT2D eigenvalue weighted by Crippen LogP contribution is 2.11. The van der Waals surface area contributed by atoms with Gasteiger partial charge in [-0.05, 0) is 24.5 Å². The first-order valence-electron chi connectivity index (χ1n) is 4.67. The molecular weight excluding hydrogens is 158 g/mol. The molecule has 2 rings (SSSR count). The molecule has 0 aromatic heterocycles. The monoisotopic (exact) mass is 171 g/mol. The maximum atomic E-state index is 4.41. The predicted octanol–water partition coefficient (Wildman–Crippen LogP) is 2.63. The molecule has 1 heteroatoms. The van der Waals surface area contributed by atoms with Gasteiger partial charge in [0.2, 0.25) is 0 Å². The third kappa shape index (κ3) is 2.28. The molecule has 1 aromatic rings. The van der Waals surface area contributed by atoms with Crippen molar-refractivity contribution in [2.45, 2.75) is 18.9 Å². The van der Waals surface area contributed by atoms with Crippen LogP contribution in [0.2, 0.25) is 0 Å². The maximum absolute atomic E-state index is 4.41. The summed E-state index contributed by atoms with van der Waals surface area (Å²) in [7, 11) is 0. The predicted molar refractivity (Wildman–Crippen MR) is 56.2 cm³/mol. The molecule has 1 aliphatic heterocycles. The zero-order valence-electron chi connectivity index (χ0n) is 7.56. The molecule has 0 fully saturated rings. The fourth-order valence-corrected chi connectivity index (χ4v) is 1.55. The molecular formula is C12H13N. The summed E-state index contributed by atoms with van der Waals surface area (Å²) in [5.74, 6) is 0. The van der Waals surface area contributed by atoms with Crippen LogP contribution in [-0.2, 0) is 6.42 Å². The van der Waals surface area contributed by atoms with Gasteiger partial charge in [-0.2, -0.15) is 0 Å². The number of dihydropyridines is 1. The average molecular weight is 171 g/mol. The van der Waals surface area contributed by atoms with Crippen LogP contribution >= 0.6 is 0 Å². The smallest absolute Gasteiger partial charge is 0.0574 e. The number of benzene rings is 1. The number of allylic oxidation sites excluding steroid dienone is 1. The Labute approximate surface area is 78.8 Å². The van der Waals surface area contributed by atoms with E-state index in [1.165, 1.54) is 5.56 Å². The molecule has 66 valence electrons. The molecule has 1 unspecified atom stereocenters. The number of hydrogen-bond donors (Lipinski definition) is 0. The molecule has 1 heterocycles. The van der Waals surface area contributed by atoms with Crippen molar-refractivity contribution in [2.75, 3.05) is 0 Å². The molecule has 0 spiro atoms. The molecule has 1 atom stereocenters. The van der Waals surface area contributed by atoms with E-state index in [9.17, 15) is 0 Å². The summed E-state index contributed by atoms with van der Waals surface area (Å²) in [6.07, 6.45) is 8.23. The Balaban J connectivity index is 1.99. The summed E-state index contributed by atoms with van der Waals surface area (Å²) in [5, 5.41) is 0. The second-order valence-electron chi connectivity index (χ2n) is 3.31. The lowest BCUT2D eigenvalue weighted by Gasteiger charge is -2.11. The first-order chi connectivity index (χ1) is 6.45. The van der Waals surface area contributed by atoms with Crippen LogP contribution in [0.15, 0.2) is 47.5 Å². The van der Waals surface area contributed by atoms with E-state index in [2.05, 4.69) is 35.3 Å². The molecule has 1 aliphatic rings. The zero-order valence-corrected chi connectivity index (χ0v) is 7.56. The average Bonchev–Trinajstić information content (AvgIpc) is 2.21. The first kappa shape index (κ1) is 8.24. The van der Waals surface area contributed by atoms with Gasteiger partial charge in [-0.3, -0.25) is 4.99 Å². The summed E-state index contributed by atoms with van der Waals surface area (Å²) in [4.78, 5) is 4.41. The van der Waals surface area contributed by atoms with Gasteiger partial charge in [0.05, 0.1) is 6.04 Å². The summed E-state index contributed by atoms with van der Waals surface area (Å²) >= 11 is 0. The SMILES string of the molecule is C1=CCC(Cc2ccccc2)N=C1. The van der Waals surface area contributed by atoms with Gasteiger partial charge in [-0.1, -0.05) is 36.4 Å². The lowest BCUT2D eigenvalue weighted by molar-refractivity contribution is 0.679. The minimum atomic E-state index is 0.451. The van der Waals surface area contributed by atoms with E-state index in [0.717, 1.165) is 12.8 Å². The highest BCUT2D eigenvalue weighted by molar-refractivity contribution is 5.72. The second kappa shape index (κ2) is 4.04. The number of aliphatic imine (C=N–C) groups is 1. The standard InChI is InChI=1S/C12H13N/c1-2-6-11(7-3-1)10-12-8-4-5-9-13-12/h1-7,9,12H,8,10H2. The number of nitrogens with zero attached hydrogens (tertiary/aromatic N) is 1. The van der Waals surface area contributed by atoms with Gasteiger partial charge < -0.3 is 0 Å². The van der Waals surface area contributed by atoms with E-state index >= 15 is 0 Å². The van der Waals surface area contributed by atoms with Gasteiger partial charge in [-0.25, -0.2) is 0 Å². The van der Waals surface area contributed by atoms with Gasteiger partial charge in [0, 0.05) is 6.21 Å². The van der Waals surface area contributed by atoms with E-state index in [4.69, 9.17) is 0 Å². The Hall–Kier alpha value is -1.37. The normalized spacial score (nSPS) is 20.5. The van der Waals surface area contributed by atoms with Crippen LogP contribution in [-0.4, -0.2) is 12.3 Å². The van der Waals surface area contributed by atoms with Crippen LogP contribution in [0.5, 0.6) is 0 Å². The van der Waals surface area contributed by atoms with Gasteiger partial charge in [-0.15, -0.1) is 0 Å². The van der Waals surface area contributed by atoms with Crippen molar-refractivity contribution in [2.24, 2.45) is 4.99 Å². The minimum Gasteiger partial charge on any atom is -0.289 e. The molecule has 0 saturated carbocycles. The highest BCUT2D eigenvalue weighted by Gasteiger charge is 2.06. The van der Waals surface area contributed by atoms with Gasteiger partial charge >= 0.3 is 0 Å². The second-order valence-corrected chi connectivity index (χ2v) is 3.31. The summed E-state index contributed by atoms with van der Waals surface area (Å²) in [5.41, 5.74) is 1.37. The van der Waals surface area contributed by atoms with Crippen LogP contribution in [0.25, 0.3) is 0 Å². The number of hydrogen-bond acceptors (Lipinski definition) is 1. The lowest BCUT2D eigenvalue weighted by Crippen LogP contribution is -2.09. The Morgan fingerprint density at radius 3 is 2.77 bits per heavy atom. The van der Waals surface area contributed by atoms with Crippen LogP contribution in [0, 0.1) is 0 Å².